The van der Waals surface area contributed by atoms with E-state index in [1.54, 1.807) is 0 Å². The van der Waals surface area contributed by atoms with Crippen LogP contribution in [0.25, 0.3) is 0 Å². The third kappa shape index (κ3) is 3.26. The van der Waals surface area contributed by atoms with Gasteiger partial charge < -0.3 is 4.74 Å². The van der Waals surface area contributed by atoms with Crippen molar-refractivity contribution in [3.05, 3.63) is 25.6 Å². The second kappa shape index (κ2) is 5.37. The average Bonchev–Trinajstić information content (AvgIpc) is 2.10. The third-order valence-corrected chi connectivity index (χ3v) is 4.60. The van der Waals surface area contributed by atoms with Crippen molar-refractivity contribution >= 4 is 47.8 Å². The van der Waals surface area contributed by atoms with Crippen LogP contribution in [0.1, 0.15) is 13.3 Å². The average molecular weight is 373 g/mol. The van der Waals surface area contributed by atoms with E-state index in [9.17, 15) is 0 Å². The largest absolute Gasteiger partial charge is 0.494 e. The molecule has 0 saturated heterocycles. The van der Waals surface area contributed by atoms with E-state index in [0.717, 1.165) is 32.2 Å². The predicted octanol–water partition coefficient (Wildman–Crippen LogP) is 4.76. The van der Waals surface area contributed by atoms with Crippen molar-refractivity contribution in [3.8, 4) is 5.75 Å². The van der Waals surface area contributed by atoms with E-state index < -0.39 is 0 Å². The lowest BCUT2D eigenvalue weighted by atomic mass is 10.3. The molecule has 1 rings (SSSR count). The summed E-state index contributed by atoms with van der Waals surface area (Å²) in [6, 6.07) is 3.90. The van der Waals surface area contributed by atoms with Gasteiger partial charge in [0.15, 0.2) is 0 Å². The van der Waals surface area contributed by atoms with Gasteiger partial charge in [0.05, 0.1) is 6.61 Å². The minimum Gasteiger partial charge on any atom is -0.494 e. The van der Waals surface area contributed by atoms with Gasteiger partial charge in [-0.15, -0.1) is 0 Å². The highest BCUT2D eigenvalue weighted by Gasteiger charge is 2.04. The normalized spacial score (nSPS) is 10.2. The Balaban J connectivity index is 2.86. The molecule has 0 aliphatic rings. The van der Waals surface area contributed by atoms with Crippen LogP contribution in [0.5, 0.6) is 5.75 Å². The standard InChI is InChI=1S/C9H9Br3O/c1-2-3-13-6-4-7(10)9(12)8(11)5-6/h4-5H,2-3H2,1H3. The van der Waals surface area contributed by atoms with Crippen LogP contribution in [0, 0.1) is 0 Å². The van der Waals surface area contributed by atoms with E-state index in [-0.39, 0.29) is 0 Å². The molecule has 0 N–H and O–H groups in total. The fourth-order valence-electron chi connectivity index (χ4n) is 0.836. The molecule has 1 aromatic carbocycles. The molecule has 0 unspecified atom stereocenters. The van der Waals surface area contributed by atoms with Crippen molar-refractivity contribution in [1.29, 1.82) is 0 Å². The van der Waals surface area contributed by atoms with Crippen molar-refractivity contribution in [3.63, 3.8) is 0 Å². The van der Waals surface area contributed by atoms with Gasteiger partial charge in [0, 0.05) is 13.4 Å². The maximum atomic E-state index is 5.49. The van der Waals surface area contributed by atoms with Crippen LogP contribution in [-0.2, 0) is 0 Å². The van der Waals surface area contributed by atoms with E-state index in [1.807, 2.05) is 12.1 Å². The molecule has 0 aliphatic heterocycles. The summed E-state index contributed by atoms with van der Waals surface area (Å²) in [7, 11) is 0. The summed E-state index contributed by atoms with van der Waals surface area (Å²) < 4.78 is 8.49. The highest BCUT2D eigenvalue weighted by molar-refractivity contribution is 9.14. The van der Waals surface area contributed by atoms with Crippen molar-refractivity contribution in [1.82, 2.24) is 0 Å². The van der Waals surface area contributed by atoms with Crippen molar-refractivity contribution in [2.24, 2.45) is 0 Å². The molecular weight excluding hydrogens is 364 g/mol. The van der Waals surface area contributed by atoms with Gasteiger partial charge in [-0.25, -0.2) is 0 Å². The van der Waals surface area contributed by atoms with Gasteiger partial charge in [-0.2, -0.15) is 0 Å². The highest BCUT2D eigenvalue weighted by Crippen LogP contribution is 2.34. The van der Waals surface area contributed by atoms with Gasteiger partial charge in [0.25, 0.3) is 0 Å². The molecule has 4 heteroatoms. The maximum absolute atomic E-state index is 5.49. The van der Waals surface area contributed by atoms with Crippen LogP contribution >= 0.6 is 47.8 Å². The summed E-state index contributed by atoms with van der Waals surface area (Å²) in [4.78, 5) is 0. The monoisotopic (exact) mass is 370 g/mol. The summed E-state index contributed by atoms with van der Waals surface area (Å²) in [6.45, 7) is 2.84. The maximum Gasteiger partial charge on any atom is 0.121 e. The quantitative estimate of drug-likeness (QED) is 0.695. The lowest BCUT2D eigenvalue weighted by Crippen LogP contribution is -1.94. The van der Waals surface area contributed by atoms with Crippen molar-refractivity contribution < 1.29 is 4.74 Å². The molecule has 0 spiro atoms. The Morgan fingerprint density at radius 2 is 1.69 bits per heavy atom. The third-order valence-electron chi connectivity index (χ3n) is 1.43. The predicted molar refractivity (Wildman–Crippen MR) is 65.3 cm³/mol. The van der Waals surface area contributed by atoms with Crippen LogP contribution < -0.4 is 4.74 Å². The van der Waals surface area contributed by atoms with Crippen LogP contribution in [0.4, 0.5) is 0 Å². The fourth-order valence-corrected chi connectivity index (χ4v) is 2.21. The first kappa shape index (κ1) is 11.5. The Morgan fingerprint density at radius 3 is 2.15 bits per heavy atom. The molecule has 0 radical (unpaired) electrons. The number of hydrogen-bond donors (Lipinski definition) is 0. The van der Waals surface area contributed by atoms with Gasteiger partial charge in [-0.3, -0.25) is 0 Å². The lowest BCUT2D eigenvalue weighted by molar-refractivity contribution is 0.317. The van der Waals surface area contributed by atoms with E-state index in [1.165, 1.54) is 0 Å². The molecule has 0 aromatic heterocycles. The van der Waals surface area contributed by atoms with E-state index in [4.69, 9.17) is 4.74 Å². The molecule has 0 saturated carbocycles. The summed E-state index contributed by atoms with van der Waals surface area (Å²) in [5, 5.41) is 0. The molecule has 0 atom stereocenters. The molecular formula is C9H9Br3O. The van der Waals surface area contributed by atoms with Crippen LogP contribution in [0.3, 0.4) is 0 Å². The molecule has 1 nitrogen and oxygen atoms in total. The van der Waals surface area contributed by atoms with Gasteiger partial charge in [-0.05, 0) is 66.3 Å². The molecule has 0 heterocycles. The summed E-state index contributed by atoms with van der Waals surface area (Å²) in [6.07, 6.45) is 1.02. The highest BCUT2D eigenvalue weighted by atomic mass is 79.9. The smallest absolute Gasteiger partial charge is 0.121 e. The SMILES string of the molecule is CCCOc1cc(Br)c(Br)c(Br)c1. The van der Waals surface area contributed by atoms with E-state index in [2.05, 4.69) is 54.7 Å². The van der Waals surface area contributed by atoms with Crippen molar-refractivity contribution in [2.75, 3.05) is 6.61 Å². The molecule has 13 heavy (non-hydrogen) atoms. The summed E-state index contributed by atoms with van der Waals surface area (Å²) in [5.74, 6) is 0.879. The molecule has 1 aromatic rings. The van der Waals surface area contributed by atoms with Crippen molar-refractivity contribution in [2.45, 2.75) is 13.3 Å². The van der Waals surface area contributed by atoms with Gasteiger partial charge >= 0.3 is 0 Å². The Hall–Kier alpha value is 0.460. The van der Waals surface area contributed by atoms with E-state index in [0.29, 0.717) is 0 Å². The fraction of sp³-hybridized carbons (Fsp3) is 0.333. The Labute approximate surface area is 103 Å². The zero-order valence-corrected chi connectivity index (χ0v) is 11.9. The zero-order chi connectivity index (χ0) is 9.84. The number of ether oxygens (including phenoxy) is 1. The van der Waals surface area contributed by atoms with Crippen LogP contribution in [0.2, 0.25) is 0 Å². The van der Waals surface area contributed by atoms with Gasteiger partial charge in [0.2, 0.25) is 0 Å². The van der Waals surface area contributed by atoms with Gasteiger partial charge in [-0.1, -0.05) is 6.92 Å². The minimum absolute atomic E-state index is 0.751. The summed E-state index contributed by atoms with van der Waals surface area (Å²) in [5.41, 5.74) is 0. The number of hydrogen-bond acceptors (Lipinski definition) is 1. The molecule has 0 amide bonds. The zero-order valence-electron chi connectivity index (χ0n) is 7.11. The van der Waals surface area contributed by atoms with Crippen LogP contribution in [0.15, 0.2) is 25.6 Å². The second-order valence-electron chi connectivity index (χ2n) is 2.55. The number of rotatable bonds is 3. The van der Waals surface area contributed by atoms with Crippen LogP contribution in [-0.4, -0.2) is 6.61 Å². The molecule has 0 aliphatic carbocycles. The Kier molecular flexibility index (Phi) is 4.76. The Bertz CT molecular complexity index is 276. The molecule has 72 valence electrons. The first-order valence-corrected chi connectivity index (χ1v) is 6.30. The van der Waals surface area contributed by atoms with Gasteiger partial charge in [0.1, 0.15) is 5.75 Å². The molecule has 0 bridgehead atoms. The number of halogens is 3. The Morgan fingerprint density at radius 1 is 1.15 bits per heavy atom. The second-order valence-corrected chi connectivity index (χ2v) is 5.05. The first-order valence-electron chi connectivity index (χ1n) is 3.92. The lowest BCUT2D eigenvalue weighted by Gasteiger charge is -2.07. The topological polar surface area (TPSA) is 9.23 Å². The van der Waals surface area contributed by atoms with E-state index >= 15 is 0 Å². The summed E-state index contributed by atoms with van der Waals surface area (Å²) >= 11 is 10.3. The molecule has 0 fully saturated rings. The number of benzene rings is 1. The first-order chi connectivity index (χ1) is 6.15. The minimum atomic E-state index is 0.751.